The standard InChI is InChI=1S/C24H19NO6/c1-28-14-9-10-16(19(12-14)29-2)21-20-22(26)17-7-3-4-8-18(17)31-23(20)24(27)25(21)13-15-6-5-11-30-15/h3-12,21H,13H2,1-2H3. The van der Waals surface area contributed by atoms with Crippen molar-refractivity contribution in [2.75, 3.05) is 14.2 Å². The monoisotopic (exact) mass is 417 g/mol. The number of ether oxygens (including phenoxy) is 2. The van der Waals surface area contributed by atoms with Crippen molar-refractivity contribution < 1.29 is 23.1 Å². The first kappa shape index (κ1) is 19.0. The molecule has 0 saturated carbocycles. The first-order valence-electron chi connectivity index (χ1n) is 9.73. The molecular weight excluding hydrogens is 398 g/mol. The van der Waals surface area contributed by atoms with Crippen LogP contribution in [0, 0.1) is 0 Å². The number of carbonyl (C=O) groups is 1. The molecule has 0 saturated heterocycles. The Balaban J connectivity index is 1.76. The molecule has 2 aromatic carbocycles. The SMILES string of the molecule is COc1ccc(C2c3c(oc4ccccc4c3=O)C(=O)N2Cc2ccco2)c(OC)c1. The van der Waals surface area contributed by atoms with Crippen molar-refractivity contribution in [2.45, 2.75) is 12.6 Å². The summed E-state index contributed by atoms with van der Waals surface area (Å²) in [6.07, 6.45) is 1.55. The molecule has 0 bridgehead atoms. The zero-order valence-corrected chi connectivity index (χ0v) is 17.0. The van der Waals surface area contributed by atoms with Gasteiger partial charge in [0, 0.05) is 11.6 Å². The van der Waals surface area contributed by atoms with Crippen molar-refractivity contribution in [3.05, 3.63) is 93.7 Å². The number of nitrogens with zero attached hydrogens (tertiary/aromatic N) is 1. The molecule has 0 radical (unpaired) electrons. The highest BCUT2D eigenvalue weighted by atomic mass is 16.5. The highest BCUT2D eigenvalue weighted by molar-refractivity contribution is 5.99. The van der Waals surface area contributed by atoms with Gasteiger partial charge in [-0.3, -0.25) is 9.59 Å². The van der Waals surface area contributed by atoms with E-state index < -0.39 is 6.04 Å². The van der Waals surface area contributed by atoms with E-state index >= 15 is 0 Å². The van der Waals surface area contributed by atoms with E-state index in [2.05, 4.69) is 0 Å². The number of para-hydroxylation sites is 1. The molecule has 0 spiro atoms. The van der Waals surface area contributed by atoms with E-state index in [1.165, 1.54) is 7.11 Å². The third-order valence-electron chi connectivity index (χ3n) is 5.51. The molecule has 156 valence electrons. The second kappa shape index (κ2) is 7.36. The van der Waals surface area contributed by atoms with Crippen LogP contribution in [0.1, 0.15) is 33.5 Å². The summed E-state index contributed by atoms with van der Waals surface area (Å²) in [6, 6.07) is 15.1. The fraction of sp³-hybridized carbons (Fsp3) is 0.167. The molecule has 7 heteroatoms. The molecule has 5 rings (SSSR count). The molecule has 31 heavy (non-hydrogen) atoms. The van der Waals surface area contributed by atoms with Gasteiger partial charge in [0.05, 0.1) is 44.0 Å². The maximum atomic E-state index is 13.5. The second-order valence-corrected chi connectivity index (χ2v) is 7.19. The summed E-state index contributed by atoms with van der Waals surface area (Å²) in [5, 5.41) is 0.423. The predicted molar refractivity (Wildman–Crippen MR) is 112 cm³/mol. The summed E-state index contributed by atoms with van der Waals surface area (Å²) in [5.74, 6) is 1.36. The fourth-order valence-electron chi connectivity index (χ4n) is 4.07. The topological polar surface area (TPSA) is 82.1 Å². The minimum Gasteiger partial charge on any atom is -0.497 e. The van der Waals surface area contributed by atoms with Crippen LogP contribution in [0.3, 0.4) is 0 Å². The maximum absolute atomic E-state index is 13.5. The Kier molecular flexibility index (Phi) is 4.51. The van der Waals surface area contributed by atoms with E-state index in [1.807, 2.05) is 0 Å². The van der Waals surface area contributed by atoms with Crippen LogP contribution in [0.4, 0.5) is 0 Å². The number of methoxy groups -OCH3 is 2. The molecule has 1 aliphatic heterocycles. The lowest BCUT2D eigenvalue weighted by molar-refractivity contribution is 0.0700. The minimum atomic E-state index is -0.700. The van der Waals surface area contributed by atoms with Crippen molar-refractivity contribution in [2.24, 2.45) is 0 Å². The molecular formula is C24H19NO6. The minimum absolute atomic E-state index is 0.0399. The lowest BCUT2D eigenvalue weighted by Gasteiger charge is -2.25. The van der Waals surface area contributed by atoms with Gasteiger partial charge in [-0.15, -0.1) is 0 Å². The number of hydrogen-bond donors (Lipinski definition) is 0. The summed E-state index contributed by atoms with van der Waals surface area (Å²) >= 11 is 0. The van der Waals surface area contributed by atoms with Gasteiger partial charge in [-0.25, -0.2) is 0 Å². The number of hydrogen-bond acceptors (Lipinski definition) is 6. The Labute approximate surface area is 177 Å². The summed E-state index contributed by atoms with van der Waals surface area (Å²) < 4.78 is 22.3. The van der Waals surface area contributed by atoms with E-state index in [4.69, 9.17) is 18.3 Å². The summed E-state index contributed by atoms with van der Waals surface area (Å²) in [4.78, 5) is 28.5. The van der Waals surface area contributed by atoms with Crippen LogP contribution in [0.15, 0.2) is 74.5 Å². The van der Waals surface area contributed by atoms with Crippen molar-refractivity contribution in [3.8, 4) is 11.5 Å². The number of rotatable bonds is 5. The number of fused-ring (bicyclic) bond motifs is 2. The van der Waals surface area contributed by atoms with Gasteiger partial charge in [0.15, 0.2) is 5.43 Å². The second-order valence-electron chi connectivity index (χ2n) is 7.19. The van der Waals surface area contributed by atoms with Crippen LogP contribution < -0.4 is 14.9 Å². The van der Waals surface area contributed by atoms with Gasteiger partial charge in [0.2, 0.25) is 5.76 Å². The Hall–Kier alpha value is -4.00. The van der Waals surface area contributed by atoms with E-state index in [-0.39, 0.29) is 23.6 Å². The molecule has 0 aliphatic carbocycles. The third kappa shape index (κ3) is 2.97. The van der Waals surface area contributed by atoms with E-state index in [1.54, 1.807) is 72.9 Å². The van der Waals surface area contributed by atoms with Gasteiger partial charge in [0.1, 0.15) is 22.8 Å². The largest absolute Gasteiger partial charge is 0.497 e. The smallest absolute Gasteiger partial charge is 0.291 e. The van der Waals surface area contributed by atoms with Gasteiger partial charge < -0.3 is 23.2 Å². The molecule has 1 aliphatic rings. The Bertz CT molecular complexity index is 1340. The average molecular weight is 417 g/mol. The molecule has 2 aromatic heterocycles. The van der Waals surface area contributed by atoms with Gasteiger partial charge in [-0.05, 0) is 36.4 Å². The fourth-order valence-corrected chi connectivity index (χ4v) is 4.07. The molecule has 3 heterocycles. The number of benzene rings is 2. The number of furan rings is 1. The Morgan fingerprint density at radius 1 is 1.00 bits per heavy atom. The predicted octanol–water partition coefficient (Wildman–Crippen LogP) is 4.15. The maximum Gasteiger partial charge on any atom is 0.291 e. The van der Waals surface area contributed by atoms with Crippen LogP contribution >= 0.6 is 0 Å². The van der Waals surface area contributed by atoms with E-state index in [9.17, 15) is 9.59 Å². The van der Waals surface area contributed by atoms with Crippen LogP contribution in [-0.4, -0.2) is 25.0 Å². The van der Waals surface area contributed by atoms with Crippen molar-refractivity contribution in [1.29, 1.82) is 0 Å². The zero-order chi connectivity index (χ0) is 21.5. The average Bonchev–Trinajstić information content (AvgIpc) is 3.41. The lowest BCUT2D eigenvalue weighted by atomic mass is 9.97. The first-order valence-corrected chi connectivity index (χ1v) is 9.73. The normalized spacial score (nSPS) is 15.4. The first-order chi connectivity index (χ1) is 15.1. The van der Waals surface area contributed by atoms with E-state index in [0.29, 0.717) is 39.4 Å². The van der Waals surface area contributed by atoms with Gasteiger partial charge in [-0.2, -0.15) is 0 Å². The molecule has 1 amide bonds. The van der Waals surface area contributed by atoms with Gasteiger partial charge in [0.25, 0.3) is 5.91 Å². The number of carbonyl (C=O) groups excluding carboxylic acids is 1. The molecule has 0 N–H and O–H groups in total. The Morgan fingerprint density at radius 3 is 2.58 bits per heavy atom. The van der Waals surface area contributed by atoms with Crippen LogP contribution in [-0.2, 0) is 6.54 Å². The highest BCUT2D eigenvalue weighted by Gasteiger charge is 2.44. The van der Waals surface area contributed by atoms with E-state index in [0.717, 1.165) is 0 Å². The molecule has 4 aromatic rings. The number of amides is 1. The quantitative estimate of drug-likeness (QED) is 0.485. The van der Waals surface area contributed by atoms with Crippen LogP contribution in [0.25, 0.3) is 11.0 Å². The zero-order valence-electron chi connectivity index (χ0n) is 17.0. The van der Waals surface area contributed by atoms with Crippen LogP contribution in [0.5, 0.6) is 11.5 Å². The van der Waals surface area contributed by atoms with Gasteiger partial charge in [-0.1, -0.05) is 12.1 Å². The molecule has 0 fully saturated rings. The Morgan fingerprint density at radius 2 is 1.84 bits per heavy atom. The third-order valence-corrected chi connectivity index (χ3v) is 5.51. The van der Waals surface area contributed by atoms with Crippen molar-refractivity contribution in [1.82, 2.24) is 4.90 Å². The summed E-state index contributed by atoms with van der Waals surface area (Å²) in [5.41, 5.74) is 1.08. The highest BCUT2D eigenvalue weighted by Crippen LogP contribution is 2.43. The summed E-state index contributed by atoms with van der Waals surface area (Å²) in [7, 11) is 3.10. The van der Waals surface area contributed by atoms with Crippen molar-refractivity contribution in [3.63, 3.8) is 0 Å². The lowest BCUT2D eigenvalue weighted by Crippen LogP contribution is -2.29. The van der Waals surface area contributed by atoms with Gasteiger partial charge >= 0.3 is 0 Å². The van der Waals surface area contributed by atoms with Crippen molar-refractivity contribution >= 4 is 16.9 Å². The summed E-state index contributed by atoms with van der Waals surface area (Å²) in [6.45, 7) is 0.172. The van der Waals surface area contributed by atoms with Crippen LogP contribution in [0.2, 0.25) is 0 Å². The molecule has 7 nitrogen and oxygen atoms in total. The molecule has 1 atom stereocenters. The molecule has 1 unspecified atom stereocenters.